The van der Waals surface area contributed by atoms with Crippen LogP contribution < -0.4 is 5.73 Å². The van der Waals surface area contributed by atoms with Gasteiger partial charge in [0.05, 0.1) is 15.4 Å². The van der Waals surface area contributed by atoms with Crippen LogP contribution in [0.3, 0.4) is 0 Å². The maximum atomic E-state index is 5.72. The smallest absolute Gasteiger partial charge is 0.181 e. The molecule has 3 nitrogen and oxygen atoms in total. The highest BCUT2D eigenvalue weighted by Gasteiger charge is 2.07. The van der Waals surface area contributed by atoms with Crippen LogP contribution in [0.25, 0.3) is 10.9 Å². The minimum Gasteiger partial charge on any atom is -0.375 e. The first-order valence-corrected chi connectivity index (χ1v) is 7.72. The molecule has 19 heavy (non-hydrogen) atoms. The fourth-order valence-corrected chi connectivity index (χ4v) is 3.99. The molecule has 0 fully saturated rings. The van der Waals surface area contributed by atoms with Crippen LogP contribution in [-0.4, -0.2) is 9.97 Å². The second kappa shape index (κ2) is 5.19. The highest BCUT2D eigenvalue weighted by Crippen LogP contribution is 2.33. The van der Waals surface area contributed by atoms with Crippen LogP contribution in [-0.2, 0) is 5.75 Å². The topological polar surface area (TPSA) is 51.8 Å². The number of benzene rings is 1. The summed E-state index contributed by atoms with van der Waals surface area (Å²) in [6, 6.07) is 10.3. The molecule has 3 aromatic rings. The number of hydrogen-bond acceptors (Lipinski definition) is 5. The van der Waals surface area contributed by atoms with E-state index in [2.05, 4.69) is 22.1 Å². The number of thiazole rings is 1. The largest absolute Gasteiger partial charge is 0.375 e. The van der Waals surface area contributed by atoms with Gasteiger partial charge in [-0.05, 0) is 24.6 Å². The lowest BCUT2D eigenvalue weighted by Crippen LogP contribution is -1.86. The van der Waals surface area contributed by atoms with Crippen molar-refractivity contribution in [3.8, 4) is 0 Å². The average Bonchev–Trinajstić information content (AvgIpc) is 2.74. The number of thioether (sulfide) groups is 1. The molecule has 96 valence electrons. The summed E-state index contributed by atoms with van der Waals surface area (Å²) in [7, 11) is 0. The standard InChI is InChI=1S/C14H13N3S2/c1-9-13(19-14(15)17-9)18-8-10-6-7-16-12-5-3-2-4-11(10)12/h2-7H,8H2,1H3,(H2,15,17). The number of nitrogen functional groups attached to an aromatic ring is 1. The first kappa shape index (κ1) is 12.4. The monoisotopic (exact) mass is 287 g/mol. The number of para-hydroxylation sites is 1. The molecule has 0 saturated heterocycles. The molecule has 2 heterocycles. The van der Waals surface area contributed by atoms with Gasteiger partial charge in [-0.3, -0.25) is 4.98 Å². The summed E-state index contributed by atoms with van der Waals surface area (Å²) in [5.74, 6) is 0.908. The Balaban J connectivity index is 1.88. The molecule has 0 unspecified atom stereocenters. The number of rotatable bonds is 3. The Labute approximate surface area is 119 Å². The molecule has 0 aliphatic heterocycles. The zero-order chi connectivity index (χ0) is 13.2. The van der Waals surface area contributed by atoms with E-state index in [0.29, 0.717) is 5.13 Å². The van der Waals surface area contributed by atoms with Gasteiger partial charge in [0, 0.05) is 17.3 Å². The predicted octanol–water partition coefficient (Wildman–Crippen LogP) is 3.87. The van der Waals surface area contributed by atoms with E-state index < -0.39 is 0 Å². The van der Waals surface area contributed by atoms with E-state index in [9.17, 15) is 0 Å². The van der Waals surface area contributed by atoms with Crippen molar-refractivity contribution >= 4 is 39.1 Å². The molecular weight excluding hydrogens is 274 g/mol. The summed E-state index contributed by atoms with van der Waals surface area (Å²) in [6.45, 7) is 2.00. The fraction of sp³-hybridized carbons (Fsp3) is 0.143. The van der Waals surface area contributed by atoms with Crippen LogP contribution >= 0.6 is 23.1 Å². The van der Waals surface area contributed by atoms with E-state index in [1.165, 1.54) is 15.2 Å². The van der Waals surface area contributed by atoms with Gasteiger partial charge in [-0.1, -0.05) is 29.5 Å². The fourth-order valence-electron chi connectivity index (χ4n) is 1.96. The van der Waals surface area contributed by atoms with Crippen molar-refractivity contribution in [3.05, 3.63) is 47.8 Å². The highest BCUT2D eigenvalue weighted by atomic mass is 32.2. The van der Waals surface area contributed by atoms with E-state index in [1.54, 1.807) is 23.1 Å². The number of aryl methyl sites for hydroxylation is 1. The third-order valence-electron chi connectivity index (χ3n) is 2.87. The van der Waals surface area contributed by atoms with Crippen LogP contribution in [0.4, 0.5) is 5.13 Å². The lowest BCUT2D eigenvalue weighted by molar-refractivity contribution is 1.21. The summed E-state index contributed by atoms with van der Waals surface area (Å²) in [5.41, 5.74) is 9.08. The van der Waals surface area contributed by atoms with Crippen LogP contribution in [0.5, 0.6) is 0 Å². The van der Waals surface area contributed by atoms with E-state index in [4.69, 9.17) is 5.73 Å². The Morgan fingerprint density at radius 1 is 1.26 bits per heavy atom. The minimum absolute atomic E-state index is 0.639. The number of nitrogens with zero attached hydrogens (tertiary/aromatic N) is 2. The Bertz CT molecular complexity index is 716. The number of pyridine rings is 1. The summed E-state index contributed by atoms with van der Waals surface area (Å²) in [4.78, 5) is 8.63. The van der Waals surface area contributed by atoms with Gasteiger partial charge < -0.3 is 5.73 Å². The molecule has 2 aromatic heterocycles. The highest BCUT2D eigenvalue weighted by molar-refractivity contribution is 8.00. The molecule has 0 spiro atoms. The van der Waals surface area contributed by atoms with Crippen molar-refractivity contribution in [3.63, 3.8) is 0 Å². The molecule has 0 saturated carbocycles. The molecule has 1 aromatic carbocycles. The zero-order valence-corrected chi connectivity index (χ0v) is 12.1. The molecule has 5 heteroatoms. The van der Waals surface area contributed by atoms with Gasteiger partial charge in [0.2, 0.25) is 0 Å². The van der Waals surface area contributed by atoms with Gasteiger partial charge in [-0.25, -0.2) is 4.98 Å². The van der Waals surface area contributed by atoms with Gasteiger partial charge in [0.15, 0.2) is 5.13 Å². The van der Waals surface area contributed by atoms with Crippen molar-refractivity contribution < 1.29 is 0 Å². The third-order valence-corrected chi connectivity index (χ3v) is 5.27. The summed E-state index contributed by atoms with van der Waals surface area (Å²) in [5, 5.41) is 1.85. The van der Waals surface area contributed by atoms with Crippen LogP contribution in [0.2, 0.25) is 0 Å². The molecule has 0 radical (unpaired) electrons. The maximum Gasteiger partial charge on any atom is 0.181 e. The Kier molecular flexibility index (Phi) is 3.40. The first-order valence-electron chi connectivity index (χ1n) is 5.92. The first-order chi connectivity index (χ1) is 9.24. The zero-order valence-electron chi connectivity index (χ0n) is 10.5. The maximum absolute atomic E-state index is 5.72. The van der Waals surface area contributed by atoms with Crippen molar-refractivity contribution in [1.82, 2.24) is 9.97 Å². The predicted molar refractivity (Wildman–Crippen MR) is 82.6 cm³/mol. The SMILES string of the molecule is Cc1nc(N)sc1SCc1ccnc2ccccc12. The van der Waals surface area contributed by atoms with E-state index in [0.717, 1.165) is 17.0 Å². The summed E-state index contributed by atoms with van der Waals surface area (Å²) < 4.78 is 1.19. The third kappa shape index (κ3) is 2.57. The number of anilines is 1. The Morgan fingerprint density at radius 2 is 2.11 bits per heavy atom. The molecule has 0 amide bonds. The van der Waals surface area contributed by atoms with Gasteiger partial charge in [-0.15, -0.1) is 11.8 Å². The molecule has 2 N–H and O–H groups in total. The van der Waals surface area contributed by atoms with Gasteiger partial charge >= 0.3 is 0 Å². The Morgan fingerprint density at radius 3 is 2.89 bits per heavy atom. The van der Waals surface area contributed by atoms with Crippen molar-refractivity contribution in [1.29, 1.82) is 0 Å². The quantitative estimate of drug-likeness (QED) is 0.743. The summed E-state index contributed by atoms with van der Waals surface area (Å²) >= 11 is 3.34. The minimum atomic E-state index is 0.639. The molecule has 0 aliphatic carbocycles. The number of nitrogens with two attached hydrogens (primary N) is 1. The van der Waals surface area contributed by atoms with Crippen LogP contribution in [0.15, 0.2) is 40.7 Å². The van der Waals surface area contributed by atoms with Crippen molar-refractivity contribution in [2.24, 2.45) is 0 Å². The van der Waals surface area contributed by atoms with Crippen LogP contribution in [0.1, 0.15) is 11.3 Å². The lowest BCUT2D eigenvalue weighted by atomic mass is 10.1. The summed E-state index contributed by atoms with van der Waals surface area (Å²) in [6.07, 6.45) is 1.87. The van der Waals surface area contributed by atoms with Gasteiger partial charge in [-0.2, -0.15) is 0 Å². The molecule has 3 rings (SSSR count). The van der Waals surface area contributed by atoms with Crippen LogP contribution in [0, 0.1) is 6.92 Å². The van der Waals surface area contributed by atoms with Crippen molar-refractivity contribution in [2.75, 3.05) is 5.73 Å². The molecule has 0 aliphatic rings. The number of aromatic nitrogens is 2. The lowest BCUT2D eigenvalue weighted by Gasteiger charge is -2.04. The second-order valence-electron chi connectivity index (χ2n) is 4.20. The second-order valence-corrected chi connectivity index (χ2v) is 6.48. The number of hydrogen-bond donors (Lipinski definition) is 1. The molecule has 0 atom stereocenters. The van der Waals surface area contributed by atoms with E-state index >= 15 is 0 Å². The normalized spacial score (nSPS) is 11.0. The average molecular weight is 287 g/mol. The van der Waals surface area contributed by atoms with E-state index in [-0.39, 0.29) is 0 Å². The van der Waals surface area contributed by atoms with E-state index in [1.807, 2.05) is 31.3 Å². The van der Waals surface area contributed by atoms with Gasteiger partial charge in [0.25, 0.3) is 0 Å². The van der Waals surface area contributed by atoms with Gasteiger partial charge in [0.1, 0.15) is 0 Å². The molecule has 0 bridgehead atoms. The van der Waals surface area contributed by atoms with Crippen molar-refractivity contribution in [2.45, 2.75) is 16.9 Å². The number of fused-ring (bicyclic) bond motifs is 1. The molecular formula is C14H13N3S2. The Hall–Kier alpha value is -1.59.